The second-order valence-electron chi connectivity index (χ2n) is 3.45. The van der Waals surface area contributed by atoms with Crippen LogP contribution < -0.4 is 0 Å². The van der Waals surface area contributed by atoms with Crippen molar-refractivity contribution in [1.29, 1.82) is 0 Å². The molecule has 0 aliphatic rings. The van der Waals surface area contributed by atoms with E-state index >= 15 is 0 Å². The predicted octanol–water partition coefficient (Wildman–Crippen LogP) is 3.35. The molecular weight excluding hydrogens is 190 g/mol. The average molecular weight is 208 g/mol. The number of rotatable bonds is 7. The summed E-state index contributed by atoms with van der Waals surface area (Å²) in [7, 11) is 0. The largest absolute Gasteiger partial charge is 0.255 e. The normalized spacial score (nSPS) is 10.4. The molecule has 2 heteroatoms. The van der Waals surface area contributed by atoms with Gasteiger partial charge < -0.3 is 0 Å². The third kappa shape index (κ3) is 5.28. The highest BCUT2D eigenvalue weighted by atomic mass is 32.2. The summed E-state index contributed by atoms with van der Waals surface area (Å²) in [6.45, 7) is 0. The van der Waals surface area contributed by atoms with Gasteiger partial charge in [-0.25, -0.2) is 0 Å². The van der Waals surface area contributed by atoms with Crippen LogP contribution in [0.3, 0.4) is 0 Å². The molecule has 0 fully saturated rings. The lowest BCUT2D eigenvalue weighted by atomic mass is 10.1. The summed E-state index contributed by atoms with van der Waals surface area (Å²) >= 11 is 1.94. The Balaban J connectivity index is 1.99. The summed E-state index contributed by atoms with van der Waals surface area (Å²) < 4.78 is 0. The number of hydrogen-bond acceptors (Lipinski definition) is 2. The third-order valence-corrected chi connectivity index (χ3v) is 2.95. The molecule has 1 aromatic rings. The predicted molar refractivity (Wildman–Crippen MR) is 63.6 cm³/mol. The molecular formula is C12H18NS. The van der Waals surface area contributed by atoms with Crippen LogP contribution in [0, 0.1) is 6.20 Å². The Morgan fingerprint density at radius 2 is 2.14 bits per heavy atom. The number of thioether (sulfide) groups is 1. The van der Waals surface area contributed by atoms with Gasteiger partial charge in [-0.3, -0.25) is 4.98 Å². The molecule has 0 aromatic carbocycles. The molecule has 1 heterocycles. The number of unbranched alkanes of at least 4 members (excludes halogenated alkanes) is 3. The summed E-state index contributed by atoms with van der Waals surface area (Å²) in [4.78, 5) is 3.89. The zero-order chi connectivity index (χ0) is 10.1. The van der Waals surface area contributed by atoms with Crippen molar-refractivity contribution >= 4 is 11.8 Å². The van der Waals surface area contributed by atoms with Crippen molar-refractivity contribution in [3.63, 3.8) is 0 Å². The highest BCUT2D eigenvalue weighted by Gasteiger charge is 1.93. The van der Waals surface area contributed by atoms with Gasteiger partial charge in [0.1, 0.15) is 0 Å². The van der Waals surface area contributed by atoms with Gasteiger partial charge in [0.15, 0.2) is 0 Å². The maximum atomic E-state index is 3.89. The lowest BCUT2D eigenvalue weighted by Gasteiger charge is -2.00. The average Bonchev–Trinajstić information content (AvgIpc) is 2.25. The molecule has 1 aromatic heterocycles. The fourth-order valence-corrected chi connectivity index (χ4v) is 1.92. The van der Waals surface area contributed by atoms with Crippen molar-refractivity contribution < 1.29 is 0 Å². The van der Waals surface area contributed by atoms with Crippen LogP contribution in [0.15, 0.2) is 18.3 Å². The van der Waals surface area contributed by atoms with E-state index in [1.807, 2.05) is 24.0 Å². The standard InChI is InChI=1S/C12H18NS/c1-14-11-5-3-2-4-6-12-7-9-13-10-8-12/h7-9H,2-6,11H2,1H3. The minimum atomic E-state index is 1.18. The Morgan fingerprint density at radius 3 is 2.86 bits per heavy atom. The first-order chi connectivity index (χ1) is 6.93. The van der Waals surface area contributed by atoms with E-state index in [4.69, 9.17) is 0 Å². The van der Waals surface area contributed by atoms with Crippen molar-refractivity contribution in [3.05, 3.63) is 30.1 Å². The lowest BCUT2D eigenvalue weighted by Crippen LogP contribution is -1.87. The van der Waals surface area contributed by atoms with Crippen LogP contribution in [-0.4, -0.2) is 17.0 Å². The van der Waals surface area contributed by atoms with E-state index in [0.717, 1.165) is 0 Å². The van der Waals surface area contributed by atoms with Crippen LogP contribution in [0.1, 0.15) is 31.2 Å². The van der Waals surface area contributed by atoms with E-state index in [1.54, 1.807) is 0 Å². The minimum absolute atomic E-state index is 1.18. The number of hydrogen-bond donors (Lipinski definition) is 0. The molecule has 1 radical (unpaired) electrons. The zero-order valence-electron chi connectivity index (χ0n) is 8.83. The van der Waals surface area contributed by atoms with E-state index in [1.165, 1.54) is 43.4 Å². The third-order valence-electron chi connectivity index (χ3n) is 2.25. The molecule has 0 saturated carbocycles. The molecule has 0 unspecified atom stereocenters. The molecule has 14 heavy (non-hydrogen) atoms. The maximum Gasteiger partial charge on any atom is 0.0888 e. The Labute approximate surface area is 91.3 Å². The van der Waals surface area contributed by atoms with Gasteiger partial charge in [-0.15, -0.1) is 0 Å². The van der Waals surface area contributed by atoms with Gasteiger partial charge in [-0.05, 0) is 49.0 Å². The molecule has 0 bridgehead atoms. The van der Waals surface area contributed by atoms with Crippen LogP contribution in [0.2, 0.25) is 0 Å². The van der Waals surface area contributed by atoms with Crippen LogP contribution in [0.5, 0.6) is 0 Å². The molecule has 0 spiro atoms. The minimum Gasteiger partial charge on any atom is -0.255 e. The van der Waals surface area contributed by atoms with Crippen molar-refractivity contribution in [3.8, 4) is 0 Å². The van der Waals surface area contributed by atoms with E-state index in [-0.39, 0.29) is 0 Å². The lowest BCUT2D eigenvalue weighted by molar-refractivity contribution is 0.670. The molecule has 0 aliphatic heterocycles. The molecule has 1 nitrogen and oxygen atoms in total. The highest BCUT2D eigenvalue weighted by molar-refractivity contribution is 7.98. The molecule has 77 valence electrons. The number of nitrogens with zero attached hydrogens (tertiary/aromatic N) is 1. The van der Waals surface area contributed by atoms with E-state index in [9.17, 15) is 0 Å². The Kier molecular flexibility index (Phi) is 6.50. The Hall–Kier alpha value is -0.500. The SMILES string of the molecule is CSCCCCCCc1c[c]ncc1. The van der Waals surface area contributed by atoms with Crippen molar-refractivity contribution in [2.75, 3.05) is 12.0 Å². The van der Waals surface area contributed by atoms with Crippen LogP contribution in [0.25, 0.3) is 0 Å². The number of pyridine rings is 1. The highest BCUT2D eigenvalue weighted by Crippen LogP contribution is 2.08. The first-order valence-corrected chi connectivity index (χ1v) is 6.63. The van der Waals surface area contributed by atoms with Crippen LogP contribution >= 0.6 is 11.8 Å². The first kappa shape index (κ1) is 11.6. The molecule has 0 amide bonds. The number of aromatic nitrogens is 1. The first-order valence-electron chi connectivity index (χ1n) is 5.23. The van der Waals surface area contributed by atoms with Crippen LogP contribution in [0.4, 0.5) is 0 Å². The topological polar surface area (TPSA) is 12.9 Å². The summed E-state index contributed by atoms with van der Waals surface area (Å²) in [5.41, 5.74) is 1.37. The van der Waals surface area contributed by atoms with Gasteiger partial charge in [0.25, 0.3) is 0 Å². The smallest absolute Gasteiger partial charge is 0.0888 e. The molecule has 0 atom stereocenters. The van der Waals surface area contributed by atoms with Crippen molar-refractivity contribution in [2.45, 2.75) is 32.1 Å². The van der Waals surface area contributed by atoms with E-state index in [0.29, 0.717) is 0 Å². The summed E-state index contributed by atoms with van der Waals surface area (Å²) in [5, 5.41) is 0. The fourth-order valence-electron chi connectivity index (χ4n) is 1.43. The van der Waals surface area contributed by atoms with E-state index < -0.39 is 0 Å². The quantitative estimate of drug-likeness (QED) is 0.637. The Bertz CT molecular complexity index is 223. The van der Waals surface area contributed by atoms with Crippen molar-refractivity contribution in [1.82, 2.24) is 4.98 Å². The molecule has 0 saturated heterocycles. The zero-order valence-corrected chi connectivity index (χ0v) is 9.65. The second kappa shape index (κ2) is 7.86. The monoisotopic (exact) mass is 208 g/mol. The second-order valence-corrected chi connectivity index (χ2v) is 4.44. The molecule has 0 N–H and O–H groups in total. The summed E-state index contributed by atoms with van der Waals surface area (Å²) in [6.07, 6.45) is 13.4. The summed E-state index contributed by atoms with van der Waals surface area (Å²) in [6, 6.07) is 4.07. The maximum absolute atomic E-state index is 3.89. The van der Waals surface area contributed by atoms with Crippen LogP contribution in [-0.2, 0) is 6.42 Å². The summed E-state index contributed by atoms with van der Waals surface area (Å²) in [5.74, 6) is 1.31. The van der Waals surface area contributed by atoms with Crippen molar-refractivity contribution in [2.24, 2.45) is 0 Å². The van der Waals surface area contributed by atoms with E-state index in [2.05, 4.69) is 23.5 Å². The van der Waals surface area contributed by atoms with Gasteiger partial charge in [0.2, 0.25) is 0 Å². The Morgan fingerprint density at radius 1 is 1.29 bits per heavy atom. The van der Waals surface area contributed by atoms with Gasteiger partial charge in [-0.2, -0.15) is 11.8 Å². The molecule has 0 aliphatic carbocycles. The van der Waals surface area contributed by atoms with Gasteiger partial charge in [0.05, 0.1) is 6.20 Å². The van der Waals surface area contributed by atoms with Gasteiger partial charge >= 0.3 is 0 Å². The van der Waals surface area contributed by atoms with Gasteiger partial charge in [-0.1, -0.05) is 12.8 Å². The molecule has 1 rings (SSSR count). The number of aryl methyl sites for hydroxylation is 1. The van der Waals surface area contributed by atoms with Gasteiger partial charge in [0, 0.05) is 6.20 Å². The fraction of sp³-hybridized carbons (Fsp3) is 0.583.